The lowest BCUT2D eigenvalue weighted by molar-refractivity contribution is 0.263. The summed E-state index contributed by atoms with van der Waals surface area (Å²) in [6.07, 6.45) is 1.09. The van der Waals surface area contributed by atoms with Crippen LogP contribution in [0.3, 0.4) is 0 Å². The predicted molar refractivity (Wildman–Crippen MR) is 56.1 cm³/mol. The molecule has 3 rings (SSSR count). The number of hydrogen-bond acceptors (Lipinski definition) is 4. The van der Waals surface area contributed by atoms with Crippen molar-refractivity contribution < 1.29 is 9.47 Å². The first-order valence-electron chi connectivity index (χ1n) is 5.15. The number of nitrogens with zero attached hydrogens (tertiary/aromatic N) is 1. The van der Waals surface area contributed by atoms with Crippen molar-refractivity contribution in [1.82, 2.24) is 0 Å². The second-order valence-corrected chi connectivity index (χ2v) is 3.91. The van der Waals surface area contributed by atoms with Gasteiger partial charge in [-0.15, -0.1) is 0 Å². The van der Waals surface area contributed by atoms with Crippen molar-refractivity contribution in [2.45, 2.75) is 12.5 Å². The largest absolute Gasteiger partial charge is 0.758 e. The molecule has 0 aromatic heterocycles. The van der Waals surface area contributed by atoms with Crippen LogP contribution in [0.5, 0.6) is 5.75 Å². The highest BCUT2D eigenvalue weighted by Gasteiger charge is 2.23. The Labute approximate surface area is 88.0 Å². The third-order valence-electron chi connectivity index (χ3n) is 2.74. The third-order valence-corrected chi connectivity index (χ3v) is 2.74. The maximum Gasteiger partial charge on any atom is 0.119 e. The maximum atomic E-state index is 11.3. The van der Waals surface area contributed by atoms with Crippen LogP contribution in [0.25, 0.3) is 0 Å². The summed E-state index contributed by atoms with van der Waals surface area (Å²) in [5.41, 5.74) is 1.87. The second kappa shape index (κ2) is 3.40. The van der Waals surface area contributed by atoms with Crippen molar-refractivity contribution in [3.63, 3.8) is 0 Å². The fourth-order valence-corrected chi connectivity index (χ4v) is 1.79. The molecule has 0 saturated carbocycles. The molecule has 1 aromatic carbocycles. The van der Waals surface area contributed by atoms with Crippen LogP contribution >= 0.6 is 0 Å². The van der Waals surface area contributed by atoms with Gasteiger partial charge in [-0.2, -0.15) is 0 Å². The van der Waals surface area contributed by atoms with Gasteiger partial charge in [0.05, 0.1) is 6.61 Å². The Bertz CT molecular complexity index is 376. The number of ether oxygens (including phenoxy) is 2. The summed E-state index contributed by atoms with van der Waals surface area (Å²) in [5, 5.41) is 12.3. The van der Waals surface area contributed by atoms with Crippen molar-refractivity contribution in [2.75, 3.05) is 24.8 Å². The standard InChI is InChI=1S/C11H12NO3/c13-12-4-3-8-5-9(1-2-11(8)12)14-6-10-7-15-10/h1-2,5,10H,3-4,6-7H2/q-1. The Kier molecular flexibility index (Phi) is 2.04. The Morgan fingerprint density at radius 3 is 3.20 bits per heavy atom. The van der Waals surface area contributed by atoms with Gasteiger partial charge in [0, 0.05) is 12.2 Å². The monoisotopic (exact) mass is 206 g/mol. The molecule has 4 nitrogen and oxygen atoms in total. The summed E-state index contributed by atoms with van der Waals surface area (Å²) in [4.78, 5) is 0. The molecule has 0 bridgehead atoms. The minimum atomic E-state index is 0.272. The quantitative estimate of drug-likeness (QED) is 0.700. The zero-order valence-electron chi connectivity index (χ0n) is 8.31. The maximum absolute atomic E-state index is 11.3. The van der Waals surface area contributed by atoms with E-state index in [1.807, 2.05) is 18.2 Å². The SMILES string of the molecule is [O-]N1CCc2cc(OCC3CO3)ccc21. The second-order valence-electron chi connectivity index (χ2n) is 3.91. The molecule has 1 fully saturated rings. The number of epoxide rings is 1. The highest BCUT2D eigenvalue weighted by atomic mass is 16.6. The summed E-state index contributed by atoms with van der Waals surface area (Å²) in [5.74, 6) is 0.833. The van der Waals surface area contributed by atoms with Gasteiger partial charge < -0.3 is 19.7 Å². The molecule has 0 spiro atoms. The number of anilines is 1. The van der Waals surface area contributed by atoms with Crippen LogP contribution in [0.15, 0.2) is 18.2 Å². The van der Waals surface area contributed by atoms with Crippen molar-refractivity contribution >= 4 is 5.69 Å². The normalized spacial score (nSPS) is 22.7. The zero-order chi connectivity index (χ0) is 10.3. The first kappa shape index (κ1) is 9.00. The molecule has 15 heavy (non-hydrogen) atoms. The fraction of sp³-hybridized carbons (Fsp3) is 0.455. The van der Waals surface area contributed by atoms with Crippen LogP contribution in [0, 0.1) is 5.21 Å². The molecule has 1 saturated heterocycles. The highest BCUT2D eigenvalue weighted by Crippen LogP contribution is 2.30. The van der Waals surface area contributed by atoms with Crippen LogP contribution in [0.1, 0.15) is 5.56 Å². The molecule has 1 unspecified atom stereocenters. The molecule has 0 aliphatic carbocycles. The average molecular weight is 206 g/mol. The topological polar surface area (TPSA) is 48.1 Å². The van der Waals surface area contributed by atoms with Crippen LogP contribution in [0.4, 0.5) is 5.69 Å². The lowest BCUT2D eigenvalue weighted by atomic mass is 10.1. The minimum Gasteiger partial charge on any atom is -0.758 e. The minimum absolute atomic E-state index is 0.272. The molecule has 2 aliphatic heterocycles. The van der Waals surface area contributed by atoms with E-state index < -0.39 is 0 Å². The van der Waals surface area contributed by atoms with Crippen molar-refractivity contribution in [2.24, 2.45) is 0 Å². The van der Waals surface area contributed by atoms with E-state index in [2.05, 4.69) is 0 Å². The van der Waals surface area contributed by atoms with Gasteiger partial charge in [-0.25, -0.2) is 0 Å². The molecule has 4 heteroatoms. The van der Waals surface area contributed by atoms with Crippen LogP contribution in [-0.2, 0) is 11.2 Å². The molecular formula is C11H12NO3-. The fourth-order valence-electron chi connectivity index (χ4n) is 1.79. The summed E-state index contributed by atoms with van der Waals surface area (Å²) >= 11 is 0. The smallest absolute Gasteiger partial charge is 0.119 e. The summed E-state index contributed by atoms with van der Waals surface area (Å²) in [6, 6.07) is 5.63. The summed E-state index contributed by atoms with van der Waals surface area (Å²) in [6.45, 7) is 1.98. The van der Waals surface area contributed by atoms with Gasteiger partial charge in [0.25, 0.3) is 0 Å². The highest BCUT2D eigenvalue weighted by molar-refractivity contribution is 5.60. The molecule has 1 atom stereocenters. The van der Waals surface area contributed by atoms with Crippen molar-refractivity contribution in [3.8, 4) is 5.75 Å². The Balaban J connectivity index is 1.73. The van der Waals surface area contributed by atoms with E-state index in [-0.39, 0.29) is 6.10 Å². The van der Waals surface area contributed by atoms with Crippen LogP contribution in [0.2, 0.25) is 0 Å². The van der Waals surface area contributed by atoms with Gasteiger partial charge in [-0.1, -0.05) is 0 Å². The van der Waals surface area contributed by atoms with Crippen molar-refractivity contribution in [3.05, 3.63) is 29.0 Å². The Hall–Kier alpha value is -1.26. The molecule has 2 heterocycles. The average Bonchev–Trinajstić information content (AvgIpc) is 3.01. The van der Waals surface area contributed by atoms with Gasteiger partial charge in [-0.3, -0.25) is 0 Å². The van der Waals surface area contributed by atoms with E-state index in [1.54, 1.807) is 0 Å². The third kappa shape index (κ3) is 1.78. The molecule has 1 aromatic rings. The van der Waals surface area contributed by atoms with Gasteiger partial charge in [0.1, 0.15) is 18.5 Å². The number of hydrogen-bond donors (Lipinski definition) is 0. The van der Waals surface area contributed by atoms with E-state index in [4.69, 9.17) is 9.47 Å². The van der Waals surface area contributed by atoms with Gasteiger partial charge in [0.15, 0.2) is 0 Å². The number of rotatable bonds is 3. The first-order valence-corrected chi connectivity index (χ1v) is 5.15. The van der Waals surface area contributed by atoms with Crippen molar-refractivity contribution in [1.29, 1.82) is 0 Å². The first-order chi connectivity index (χ1) is 7.33. The zero-order valence-corrected chi connectivity index (χ0v) is 8.31. The molecule has 0 amide bonds. The van der Waals surface area contributed by atoms with Gasteiger partial charge in [-0.05, 0) is 30.2 Å². The van der Waals surface area contributed by atoms with E-state index >= 15 is 0 Å². The number of fused-ring (bicyclic) bond motifs is 1. The summed E-state index contributed by atoms with van der Waals surface area (Å²) < 4.78 is 10.6. The molecule has 80 valence electrons. The van der Waals surface area contributed by atoms with Crippen LogP contribution in [-0.4, -0.2) is 25.9 Å². The lowest BCUT2D eigenvalue weighted by Crippen LogP contribution is -2.09. The number of hydroxylamine groups is 1. The predicted octanol–water partition coefficient (Wildman–Crippen LogP) is 1.32. The number of benzene rings is 1. The van der Waals surface area contributed by atoms with E-state index in [0.29, 0.717) is 13.2 Å². The van der Waals surface area contributed by atoms with Gasteiger partial charge >= 0.3 is 0 Å². The molecular weight excluding hydrogens is 194 g/mol. The van der Waals surface area contributed by atoms with Gasteiger partial charge in [0.2, 0.25) is 0 Å². The van der Waals surface area contributed by atoms with Crippen LogP contribution < -0.4 is 9.80 Å². The Morgan fingerprint density at radius 2 is 2.40 bits per heavy atom. The Morgan fingerprint density at radius 1 is 1.53 bits per heavy atom. The lowest BCUT2D eigenvalue weighted by Gasteiger charge is -2.24. The van der Waals surface area contributed by atoms with E-state index in [0.717, 1.165) is 35.1 Å². The molecule has 2 aliphatic rings. The van der Waals surface area contributed by atoms with E-state index in [1.165, 1.54) is 0 Å². The summed E-state index contributed by atoms with van der Waals surface area (Å²) in [7, 11) is 0. The molecule has 0 N–H and O–H groups in total. The molecule has 0 radical (unpaired) electrons. The van der Waals surface area contributed by atoms with E-state index in [9.17, 15) is 5.21 Å².